The fourth-order valence-electron chi connectivity index (χ4n) is 4.33. The minimum absolute atomic E-state index is 0.00950. The molecule has 1 N–H and O–H groups in total. The standard InChI is InChI=1S/C22H24F2N2O/c23-17-5-3-15(4-6-17)19-2-1-13-26(21-14-18(24)7-8-20(19)21)22(27)16-9-11-25-12-10-16/h3-8,14,16,19,25H,1-2,9-13H2. The fourth-order valence-corrected chi connectivity index (χ4v) is 4.33. The summed E-state index contributed by atoms with van der Waals surface area (Å²) in [6, 6.07) is 11.2. The highest BCUT2D eigenvalue weighted by molar-refractivity contribution is 5.96. The number of carbonyl (C=O) groups excluding carboxylic acids is 1. The molecule has 2 aliphatic rings. The van der Waals surface area contributed by atoms with Gasteiger partial charge in [0.15, 0.2) is 0 Å². The topological polar surface area (TPSA) is 32.3 Å². The second-order valence-corrected chi connectivity index (χ2v) is 7.46. The van der Waals surface area contributed by atoms with Crippen molar-refractivity contribution in [3.8, 4) is 0 Å². The predicted molar refractivity (Wildman–Crippen MR) is 102 cm³/mol. The molecule has 2 aromatic rings. The second-order valence-electron chi connectivity index (χ2n) is 7.46. The Morgan fingerprint density at radius 3 is 2.41 bits per heavy atom. The van der Waals surface area contributed by atoms with Crippen LogP contribution in [0.15, 0.2) is 42.5 Å². The van der Waals surface area contributed by atoms with Gasteiger partial charge in [-0.15, -0.1) is 0 Å². The number of fused-ring (bicyclic) bond motifs is 1. The molecule has 4 rings (SSSR count). The van der Waals surface area contributed by atoms with Crippen LogP contribution >= 0.6 is 0 Å². The number of carbonyl (C=O) groups is 1. The fraction of sp³-hybridized carbons (Fsp3) is 0.409. The molecule has 1 fully saturated rings. The van der Waals surface area contributed by atoms with Gasteiger partial charge in [0.05, 0.1) is 5.69 Å². The summed E-state index contributed by atoms with van der Waals surface area (Å²) in [5, 5.41) is 3.28. The third kappa shape index (κ3) is 3.74. The lowest BCUT2D eigenvalue weighted by atomic mass is 9.87. The molecule has 0 spiro atoms. The van der Waals surface area contributed by atoms with Gasteiger partial charge in [-0.3, -0.25) is 4.79 Å². The maximum Gasteiger partial charge on any atom is 0.230 e. The van der Waals surface area contributed by atoms with E-state index in [9.17, 15) is 13.6 Å². The van der Waals surface area contributed by atoms with Gasteiger partial charge in [-0.2, -0.15) is 0 Å². The van der Waals surface area contributed by atoms with Crippen LogP contribution in [0.3, 0.4) is 0 Å². The summed E-state index contributed by atoms with van der Waals surface area (Å²) < 4.78 is 27.4. The van der Waals surface area contributed by atoms with Crippen molar-refractivity contribution in [3.05, 3.63) is 65.2 Å². The van der Waals surface area contributed by atoms with Crippen LogP contribution in [0.4, 0.5) is 14.5 Å². The lowest BCUT2D eigenvalue weighted by Crippen LogP contribution is -2.41. The molecule has 2 aliphatic heterocycles. The Kier molecular flexibility index (Phi) is 5.21. The van der Waals surface area contributed by atoms with Gasteiger partial charge in [0.2, 0.25) is 5.91 Å². The van der Waals surface area contributed by atoms with Gasteiger partial charge in [-0.1, -0.05) is 18.2 Å². The van der Waals surface area contributed by atoms with Gasteiger partial charge < -0.3 is 10.2 Å². The molecule has 3 nitrogen and oxygen atoms in total. The highest BCUT2D eigenvalue weighted by Crippen LogP contribution is 2.40. The number of piperidine rings is 1. The number of nitrogens with zero attached hydrogens (tertiary/aromatic N) is 1. The Morgan fingerprint density at radius 2 is 1.67 bits per heavy atom. The Morgan fingerprint density at radius 1 is 0.963 bits per heavy atom. The van der Waals surface area contributed by atoms with E-state index in [-0.39, 0.29) is 29.4 Å². The number of hydrogen-bond acceptors (Lipinski definition) is 2. The van der Waals surface area contributed by atoms with Crippen LogP contribution in [0.2, 0.25) is 0 Å². The molecule has 1 saturated heterocycles. The van der Waals surface area contributed by atoms with Gasteiger partial charge in [0.25, 0.3) is 0 Å². The third-order valence-corrected chi connectivity index (χ3v) is 5.76. The first-order valence-corrected chi connectivity index (χ1v) is 9.70. The molecule has 1 amide bonds. The molecule has 0 saturated carbocycles. The van der Waals surface area contributed by atoms with Crippen LogP contribution in [0, 0.1) is 17.6 Å². The number of halogens is 2. The lowest BCUT2D eigenvalue weighted by Gasteiger charge is -2.30. The van der Waals surface area contributed by atoms with Crippen molar-refractivity contribution in [1.29, 1.82) is 0 Å². The average molecular weight is 370 g/mol. The third-order valence-electron chi connectivity index (χ3n) is 5.76. The maximum atomic E-state index is 14.1. The average Bonchev–Trinajstić information content (AvgIpc) is 2.88. The van der Waals surface area contributed by atoms with E-state index in [4.69, 9.17) is 0 Å². The van der Waals surface area contributed by atoms with Crippen molar-refractivity contribution in [2.24, 2.45) is 5.92 Å². The SMILES string of the molecule is O=C(C1CCNCC1)N1CCCC(c2ccc(F)cc2)c2ccc(F)cc21. The number of rotatable bonds is 2. The molecular weight excluding hydrogens is 346 g/mol. The molecule has 27 heavy (non-hydrogen) atoms. The first-order chi connectivity index (χ1) is 13.1. The molecule has 1 atom stereocenters. The van der Waals surface area contributed by atoms with Gasteiger partial charge in [0.1, 0.15) is 11.6 Å². The number of amides is 1. The molecule has 2 heterocycles. The Balaban J connectivity index is 1.72. The van der Waals surface area contributed by atoms with Crippen LogP contribution < -0.4 is 10.2 Å². The normalized spacial score (nSPS) is 20.8. The van der Waals surface area contributed by atoms with Gasteiger partial charge >= 0.3 is 0 Å². The van der Waals surface area contributed by atoms with Crippen molar-refractivity contribution in [2.75, 3.05) is 24.5 Å². The van der Waals surface area contributed by atoms with Gasteiger partial charge in [-0.05, 0) is 74.2 Å². The van der Waals surface area contributed by atoms with E-state index >= 15 is 0 Å². The predicted octanol–water partition coefficient (Wildman–Crippen LogP) is 4.22. The quantitative estimate of drug-likeness (QED) is 0.858. The zero-order chi connectivity index (χ0) is 18.8. The number of nitrogens with one attached hydrogen (secondary N) is 1. The first-order valence-electron chi connectivity index (χ1n) is 9.70. The Labute approximate surface area is 158 Å². The van der Waals surface area contributed by atoms with Gasteiger partial charge in [0, 0.05) is 18.4 Å². The molecule has 1 unspecified atom stereocenters. The monoisotopic (exact) mass is 370 g/mol. The summed E-state index contributed by atoms with van der Waals surface area (Å²) in [7, 11) is 0. The smallest absolute Gasteiger partial charge is 0.230 e. The van der Waals surface area contributed by atoms with E-state index in [2.05, 4.69) is 5.32 Å². The second kappa shape index (κ2) is 7.77. The summed E-state index contributed by atoms with van der Waals surface area (Å²) in [6.07, 6.45) is 3.32. The van der Waals surface area contributed by atoms with Crippen LogP contribution in [0.25, 0.3) is 0 Å². The zero-order valence-electron chi connectivity index (χ0n) is 15.3. The molecular formula is C22H24F2N2O. The Hall–Kier alpha value is -2.27. The summed E-state index contributed by atoms with van der Waals surface area (Å²) >= 11 is 0. The van der Waals surface area contributed by atoms with E-state index in [1.807, 2.05) is 0 Å². The highest BCUT2D eigenvalue weighted by atomic mass is 19.1. The van der Waals surface area contributed by atoms with Crippen LogP contribution in [0.5, 0.6) is 0 Å². The van der Waals surface area contributed by atoms with Gasteiger partial charge in [-0.25, -0.2) is 8.78 Å². The van der Waals surface area contributed by atoms with E-state index in [0.717, 1.165) is 49.9 Å². The molecule has 142 valence electrons. The van der Waals surface area contributed by atoms with Crippen LogP contribution in [0.1, 0.15) is 42.7 Å². The van der Waals surface area contributed by atoms with Crippen molar-refractivity contribution in [1.82, 2.24) is 5.32 Å². The van der Waals surface area contributed by atoms with Crippen molar-refractivity contribution >= 4 is 11.6 Å². The van der Waals surface area contributed by atoms with Crippen LogP contribution in [-0.4, -0.2) is 25.5 Å². The molecule has 0 bridgehead atoms. The molecule has 0 aliphatic carbocycles. The van der Waals surface area contributed by atoms with Crippen LogP contribution in [-0.2, 0) is 4.79 Å². The molecule has 0 aromatic heterocycles. The molecule has 5 heteroatoms. The zero-order valence-corrected chi connectivity index (χ0v) is 15.3. The number of hydrogen-bond donors (Lipinski definition) is 1. The summed E-state index contributed by atoms with van der Waals surface area (Å²) in [5.41, 5.74) is 2.62. The maximum absolute atomic E-state index is 14.1. The summed E-state index contributed by atoms with van der Waals surface area (Å²) in [6.45, 7) is 2.29. The van der Waals surface area contributed by atoms with Crippen molar-refractivity contribution < 1.29 is 13.6 Å². The van der Waals surface area contributed by atoms with Crippen molar-refractivity contribution in [2.45, 2.75) is 31.6 Å². The number of anilines is 1. The minimum atomic E-state index is -0.336. The molecule has 0 radical (unpaired) electrons. The van der Waals surface area contributed by atoms with E-state index in [1.165, 1.54) is 24.3 Å². The largest absolute Gasteiger partial charge is 0.317 e. The van der Waals surface area contributed by atoms with E-state index in [1.54, 1.807) is 23.1 Å². The first kappa shape index (κ1) is 18.1. The minimum Gasteiger partial charge on any atom is -0.317 e. The van der Waals surface area contributed by atoms with E-state index in [0.29, 0.717) is 12.2 Å². The van der Waals surface area contributed by atoms with Crippen molar-refractivity contribution in [3.63, 3.8) is 0 Å². The Bertz CT molecular complexity index is 816. The highest BCUT2D eigenvalue weighted by Gasteiger charge is 2.32. The molecule has 2 aromatic carbocycles. The lowest BCUT2D eigenvalue weighted by molar-refractivity contribution is -0.123. The number of benzene rings is 2. The summed E-state index contributed by atoms with van der Waals surface area (Å²) in [4.78, 5) is 15.0. The summed E-state index contributed by atoms with van der Waals surface area (Å²) in [5.74, 6) is -0.481. The van der Waals surface area contributed by atoms with E-state index < -0.39 is 0 Å².